The summed E-state index contributed by atoms with van der Waals surface area (Å²) in [6.45, 7) is 2.53. The number of rotatable bonds is 6. The molecule has 0 aliphatic carbocycles. The van der Waals surface area contributed by atoms with Crippen molar-refractivity contribution in [2.24, 2.45) is 0 Å². The van der Waals surface area contributed by atoms with Crippen molar-refractivity contribution in [2.45, 2.75) is 26.2 Å². The van der Waals surface area contributed by atoms with E-state index in [0.29, 0.717) is 23.3 Å². The van der Waals surface area contributed by atoms with Gasteiger partial charge in [-0.3, -0.25) is 4.79 Å². The number of ether oxygens (including phenoxy) is 3. The summed E-state index contributed by atoms with van der Waals surface area (Å²) in [6, 6.07) is 21.6. The summed E-state index contributed by atoms with van der Waals surface area (Å²) in [5, 5.41) is 0. The smallest absolute Gasteiger partial charge is 0.338 e. The maximum Gasteiger partial charge on any atom is 0.338 e. The maximum atomic E-state index is 11.6. The van der Waals surface area contributed by atoms with E-state index in [1.165, 1.54) is 7.11 Å². The second kappa shape index (κ2) is 14.8. The summed E-state index contributed by atoms with van der Waals surface area (Å²) in [5.41, 5.74) is 1.57. The Labute approximate surface area is 198 Å². The van der Waals surface area contributed by atoms with E-state index in [1.54, 1.807) is 42.5 Å². The molecule has 0 bridgehead atoms. The fourth-order valence-corrected chi connectivity index (χ4v) is 2.55. The van der Waals surface area contributed by atoms with Crippen LogP contribution in [-0.4, -0.2) is 31.6 Å². The van der Waals surface area contributed by atoms with Crippen LogP contribution in [0.2, 0.25) is 0 Å². The molecule has 3 aromatic rings. The van der Waals surface area contributed by atoms with Crippen molar-refractivity contribution in [1.29, 1.82) is 0 Å². The molecule has 0 saturated heterocycles. The standard InChI is InChI=1S/C14H18O4.C6H3O2.C5H5.Fe/c1-3-4-5-10-18-14(16)12-8-6-11(7-9-12)13(15)17-2;7-6-4-2-1-3-5(4)8-6;1-2-4-5-3-1;/h6-9H,3-5,10H2,1-2H3;1-3H;1-5H;/q;-1;-5;. The predicted molar refractivity (Wildman–Crippen MR) is 117 cm³/mol. The number of benzene rings is 1. The third-order valence-electron chi connectivity index (χ3n) is 4.28. The van der Waals surface area contributed by atoms with E-state index in [2.05, 4.69) is 16.4 Å². The molecule has 4 rings (SSSR count). The van der Waals surface area contributed by atoms with Gasteiger partial charge in [0.2, 0.25) is 0 Å². The van der Waals surface area contributed by atoms with Gasteiger partial charge in [-0.05, 0) is 36.2 Å². The minimum Gasteiger partial charge on any atom is -0.748 e. The zero-order chi connectivity index (χ0) is 22.5. The van der Waals surface area contributed by atoms with Gasteiger partial charge in [0.05, 0.1) is 30.6 Å². The average molecular weight is 478 g/mol. The fourth-order valence-electron chi connectivity index (χ4n) is 2.55. The molecule has 0 atom stereocenters. The first-order valence-corrected chi connectivity index (χ1v) is 10.1. The number of fused-ring (bicyclic) bond motifs is 1. The van der Waals surface area contributed by atoms with Gasteiger partial charge in [-0.2, -0.15) is 0 Å². The molecule has 0 aromatic heterocycles. The van der Waals surface area contributed by atoms with Gasteiger partial charge in [-0.25, -0.2) is 9.59 Å². The van der Waals surface area contributed by atoms with Crippen molar-refractivity contribution < 1.29 is 45.7 Å². The Balaban J connectivity index is 0.000000295. The van der Waals surface area contributed by atoms with Gasteiger partial charge in [-0.15, -0.1) is 12.1 Å². The molecule has 0 fully saturated rings. The summed E-state index contributed by atoms with van der Waals surface area (Å²) in [5.74, 6) is -0.264. The quantitative estimate of drug-likeness (QED) is 0.211. The van der Waals surface area contributed by atoms with Gasteiger partial charge >= 0.3 is 11.9 Å². The zero-order valence-corrected chi connectivity index (χ0v) is 19.2. The van der Waals surface area contributed by atoms with E-state index in [1.807, 2.05) is 30.3 Å². The van der Waals surface area contributed by atoms with Crippen molar-refractivity contribution >= 4 is 17.9 Å². The molecule has 0 amide bonds. The number of unbranched alkanes of at least 4 members (excludes halogenated alkanes) is 2. The number of carbonyl (C=O) groups is 3. The van der Waals surface area contributed by atoms with Gasteiger partial charge < -0.3 is 44.5 Å². The Morgan fingerprint density at radius 2 is 1.50 bits per heavy atom. The first-order chi connectivity index (χ1) is 15.1. The second-order valence-corrected chi connectivity index (χ2v) is 6.57. The monoisotopic (exact) mass is 478 g/mol. The molecule has 0 radical (unpaired) electrons. The molecule has 3 aromatic carbocycles. The van der Waals surface area contributed by atoms with Gasteiger partial charge in [0.15, 0.2) is 0 Å². The summed E-state index contributed by atoms with van der Waals surface area (Å²) < 4.78 is 14.3. The van der Waals surface area contributed by atoms with E-state index in [0.717, 1.165) is 25.0 Å². The first-order valence-electron chi connectivity index (χ1n) is 10.1. The number of methoxy groups -OCH3 is 1. The Kier molecular flexibility index (Phi) is 12.4. The minimum absolute atomic E-state index is 0. The van der Waals surface area contributed by atoms with Crippen LogP contribution in [0.15, 0.2) is 72.8 Å². The van der Waals surface area contributed by atoms with Gasteiger partial charge in [0.1, 0.15) is 0 Å². The van der Waals surface area contributed by atoms with Crippen LogP contribution in [0.5, 0.6) is 5.75 Å². The maximum absolute atomic E-state index is 11.6. The van der Waals surface area contributed by atoms with E-state index >= 15 is 0 Å². The molecule has 7 heteroatoms. The van der Waals surface area contributed by atoms with Crippen LogP contribution in [0, 0.1) is 0 Å². The molecule has 32 heavy (non-hydrogen) atoms. The SMILES string of the molecule is CCCCCOC(=O)c1ccc(C(=O)OC)cc1.O=C1O[c-]2cccc21.[Fe].[cH-]1[cH-][cH-][cH-][cH-]1. The van der Waals surface area contributed by atoms with Crippen molar-refractivity contribution in [3.63, 3.8) is 0 Å². The van der Waals surface area contributed by atoms with Crippen molar-refractivity contribution in [3.8, 4) is 5.75 Å². The molecule has 6 nitrogen and oxygen atoms in total. The Hall–Kier alpha value is -3.15. The summed E-state index contributed by atoms with van der Waals surface area (Å²) in [4.78, 5) is 33.2. The Bertz CT molecular complexity index is 924. The largest absolute Gasteiger partial charge is 0.748 e. The van der Waals surface area contributed by atoms with E-state index < -0.39 is 5.97 Å². The van der Waals surface area contributed by atoms with Crippen LogP contribution >= 0.6 is 0 Å². The van der Waals surface area contributed by atoms with Gasteiger partial charge in [0, 0.05) is 17.1 Å². The number of esters is 3. The summed E-state index contributed by atoms with van der Waals surface area (Å²) in [7, 11) is 1.32. The van der Waals surface area contributed by atoms with Crippen LogP contribution in [0.25, 0.3) is 0 Å². The molecular weight excluding hydrogens is 452 g/mol. The number of hydrogen-bond donors (Lipinski definition) is 0. The minimum atomic E-state index is -0.419. The number of hydrogen-bond acceptors (Lipinski definition) is 6. The van der Waals surface area contributed by atoms with Crippen molar-refractivity contribution in [2.75, 3.05) is 13.7 Å². The number of carbonyl (C=O) groups excluding carboxylic acids is 3. The molecule has 0 spiro atoms. The molecule has 176 valence electrons. The van der Waals surface area contributed by atoms with Crippen LogP contribution in [0.3, 0.4) is 0 Å². The molecule has 1 heterocycles. The van der Waals surface area contributed by atoms with Crippen LogP contribution in [0.4, 0.5) is 0 Å². The van der Waals surface area contributed by atoms with Gasteiger partial charge in [-0.1, -0.05) is 25.8 Å². The molecule has 1 aliphatic rings. The van der Waals surface area contributed by atoms with E-state index in [9.17, 15) is 14.4 Å². The molecule has 0 unspecified atom stereocenters. The average Bonchev–Trinajstić information content (AvgIpc) is 3.49. The Morgan fingerprint density at radius 1 is 0.938 bits per heavy atom. The van der Waals surface area contributed by atoms with Crippen molar-refractivity contribution in [3.05, 3.63) is 89.5 Å². The van der Waals surface area contributed by atoms with E-state index in [4.69, 9.17) is 4.74 Å². The third kappa shape index (κ3) is 8.53. The molecule has 0 saturated carbocycles. The first kappa shape index (κ1) is 26.9. The Morgan fingerprint density at radius 3 is 1.94 bits per heavy atom. The summed E-state index contributed by atoms with van der Waals surface area (Å²) >= 11 is 0. The second-order valence-electron chi connectivity index (χ2n) is 6.57. The zero-order valence-electron chi connectivity index (χ0n) is 18.1. The van der Waals surface area contributed by atoms with Crippen LogP contribution in [-0.2, 0) is 26.5 Å². The van der Waals surface area contributed by atoms with Gasteiger partial charge in [0.25, 0.3) is 5.97 Å². The topological polar surface area (TPSA) is 78.9 Å². The fraction of sp³-hybridized carbons (Fsp3) is 0.240. The predicted octanol–water partition coefficient (Wildman–Crippen LogP) is 5.16. The molecule has 0 N–H and O–H groups in total. The molecular formula is C25H26FeO6-6. The normalized spacial score (nSPS) is 10.4. The summed E-state index contributed by atoms with van der Waals surface area (Å²) in [6.07, 6.45) is 3.02. The van der Waals surface area contributed by atoms with Crippen LogP contribution in [0.1, 0.15) is 57.3 Å². The van der Waals surface area contributed by atoms with Crippen LogP contribution < -0.4 is 4.74 Å². The third-order valence-corrected chi connectivity index (χ3v) is 4.28. The van der Waals surface area contributed by atoms with Crippen molar-refractivity contribution in [1.82, 2.24) is 0 Å². The van der Waals surface area contributed by atoms with E-state index in [-0.39, 0.29) is 29.0 Å². The molecule has 1 aliphatic heterocycles.